The number of anilines is 1. The molecule has 0 aromatic heterocycles. The summed E-state index contributed by atoms with van der Waals surface area (Å²) in [7, 11) is 0. The summed E-state index contributed by atoms with van der Waals surface area (Å²) >= 11 is 2.14. The van der Waals surface area contributed by atoms with Crippen molar-refractivity contribution in [2.24, 2.45) is 0 Å². The van der Waals surface area contributed by atoms with Crippen LogP contribution in [0.1, 0.15) is 22.8 Å². The number of carbonyl (C=O) groups is 1. The molecular formula is C15H14INO2. The molecule has 0 radical (unpaired) electrons. The van der Waals surface area contributed by atoms with Crippen LogP contribution in [0, 0.1) is 3.57 Å². The molecule has 0 unspecified atom stereocenters. The van der Waals surface area contributed by atoms with Crippen LogP contribution in [-0.2, 0) is 6.61 Å². The van der Waals surface area contributed by atoms with Gasteiger partial charge in [0.1, 0.15) is 12.4 Å². The second-order valence-electron chi connectivity index (χ2n) is 4.23. The number of ketones is 1. The number of hydrogen-bond donors (Lipinski definition) is 1. The first kappa shape index (κ1) is 13.9. The maximum Gasteiger partial charge on any atom is 0.160 e. The van der Waals surface area contributed by atoms with E-state index in [0.717, 1.165) is 26.1 Å². The van der Waals surface area contributed by atoms with Crippen LogP contribution in [0.4, 0.5) is 5.69 Å². The SMILES string of the molecule is CC(=O)c1ccc(OCc2ccc(N)cc2)cc1I. The van der Waals surface area contributed by atoms with Crippen LogP contribution in [0.15, 0.2) is 42.5 Å². The van der Waals surface area contributed by atoms with Crippen molar-refractivity contribution >= 4 is 34.1 Å². The zero-order chi connectivity index (χ0) is 13.8. The van der Waals surface area contributed by atoms with Crippen molar-refractivity contribution in [3.63, 3.8) is 0 Å². The van der Waals surface area contributed by atoms with Crippen LogP contribution in [0.3, 0.4) is 0 Å². The van der Waals surface area contributed by atoms with Crippen LogP contribution >= 0.6 is 22.6 Å². The Kier molecular flexibility index (Phi) is 4.42. The molecule has 0 aliphatic carbocycles. The normalized spacial score (nSPS) is 10.2. The fourth-order valence-electron chi connectivity index (χ4n) is 1.65. The Balaban J connectivity index is 2.06. The van der Waals surface area contributed by atoms with Gasteiger partial charge >= 0.3 is 0 Å². The largest absolute Gasteiger partial charge is 0.489 e. The lowest BCUT2D eigenvalue weighted by Crippen LogP contribution is -1.99. The first-order valence-corrected chi connectivity index (χ1v) is 6.92. The number of ether oxygens (including phenoxy) is 1. The highest BCUT2D eigenvalue weighted by Crippen LogP contribution is 2.21. The van der Waals surface area contributed by atoms with Gasteiger partial charge in [0.05, 0.1) is 0 Å². The maximum atomic E-state index is 11.3. The molecule has 2 aromatic carbocycles. The molecule has 2 rings (SSSR count). The van der Waals surface area contributed by atoms with Crippen LogP contribution in [0.5, 0.6) is 5.75 Å². The molecule has 2 aromatic rings. The number of halogens is 1. The van der Waals surface area contributed by atoms with Gasteiger partial charge in [0.25, 0.3) is 0 Å². The lowest BCUT2D eigenvalue weighted by molar-refractivity contribution is 0.101. The van der Waals surface area contributed by atoms with Gasteiger partial charge in [-0.05, 0) is 65.4 Å². The van der Waals surface area contributed by atoms with Crippen molar-refractivity contribution in [1.29, 1.82) is 0 Å². The molecular weight excluding hydrogens is 353 g/mol. The van der Waals surface area contributed by atoms with Gasteiger partial charge in [0, 0.05) is 14.8 Å². The Labute approximate surface area is 125 Å². The highest BCUT2D eigenvalue weighted by Gasteiger charge is 2.06. The predicted octanol–water partition coefficient (Wildman–Crippen LogP) is 3.66. The van der Waals surface area contributed by atoms with E-state index in [-0.39, 0.29) is 5.78 Å². The molecule has 0 fully saturated rings. The highest BCUT2D eigenvalue weighted by atomic mass is 127. The minimum absolute atomic E-state index is 0.0643. The van der Waals surface area contributed by atoms with Crippen LogP contribution in [0.2, 0.25) is 0 Å². The van der Waals surface area contributed by atoms with Gasteiger partial charge in [-0.3, -0.25) is 4.79 Å². The molecule has 2 N–H and O–H groups in total. The molecule has 0 atom stereocenters. The second kappa shape index (κ2) is 6.06. The summed E-state index contributed by atoms with van der Waals surface area (Å²) in [4.78, 5) is 11.3. The molecule has 98 valence electrons. The first-order valence-electron chi connectivity index (χ1n) is 5.84. The van der Waals surface area contributed by atoms with E-state index < -0.39 is 0 Å². The Morgan fingerprint density at radius 2 is 1.89 bits per heavy atom. The molecule has 0 bridgehead atoms. The van der Waals surface area contributed by atoms with Gasteiger partial charge in [-0.2, -0.15) is 0 Å². The number of nitrogens with two attached hydrogens (primary N) is 1. The monoisotopic (exact) mass is 367 g/mol. The smallest absolute Gasteiger partial charge is 0.160 e. The van der Waals surface area contributed by atoms with E-state index in [0.29, 0.717) is 6.61 Å². The summed E-state index contributed by atoms with van der Waals surface area (Å²) in [5.41, 5.74) is 8.14. The summed E-state index contributed by atoms with van der Waals surface area (Å²) in [5.74, 6) is 0.820. The molecule has 0 saturated heterocycles. The number of benzene rings is 2. The van der Waals surface area contributed by atoms with Crippen LogP contribution in [0.25, 0.3) is 0 Å². The van der Waals surface area contributed by atoms with E-state index in [4.69, 9.17) is 10.5 Å². The molecule has 0 aliphatic heterocycles. The van der Waals surface area contributed by atoms with Crippen LogP contribution < -0.4 is 10.5 Å². The van der Waals surface area contributed by atoms with E-state index in [1.807, 2.05) is 36.4 Å². The van der Waals surface area contributed by atoms with Crippen molar-refractivity contribution in [3.8, 4) is 5.75 Å². The van der Waals surface area contributed by atoms with Gasteiger partial charge in [0.15, 0.2) is 5.78 Å². The van der Waals surface area contributed by atoms with E-state index in [2.05, 4.69) is 22.6 Å². The average molecular weight is 367 g/mol. The molecule has 3 nitrogen and oxygen atoms in total. The number of hydrogen-bond acceptors (Lipinski definition) is 3. The average Bonchev–Trinajstić information content (AvgIpc) is 2.37. The number of nitrogen functional groups attached to an aromatic ring is 1. The Morgan fingerprint density at radius 1 is 1.21 bits per heavy atom. The molecule has 19 heavy (non-hydrogen) atoms. The Hall–Kier alpha value is -1.56. The van der Waals surface area contributed by atoms with Gasteiger partial charge in [-0.1, -0.05) is 12.1 Å². The first-order chi connectivity index (χ1) is 9.06. The minimum atomic E-state index is 0.0643. The number of rotatable bonds is 4. The molecule has 0 amide bonds. The zero-order valence-electron chi connectivity index (χ0n) is 10.5. The third-order valence-electron chi connectivity index (χ3n) is 2.71. The molecule has 0 heterocycles. The van der Waals surface area contributed by atoms with Gasteiger partial charge in [0.2, 0.25) is 0 Å². The highest BCUT2D eigenvalue weighted by molar-refractivity contribution is 14.1. The van der Waals surface area contributed by atoms with E-state index in [1.165, 1.54) is 0 Å². The molecule has 0 spiro atoms. The second-order valence-corrected chi connectivity index (χ2v) is 5.39. The number of carbonyl (C=O) groups excluding carboxylic acids is 1. The third-order valence-corrected chi connectivity index (χ3v) is 3.60. The summed E-state index contributed by atoms with van der Waals surface area (Å²) in [6.07, 6.45) is 0. The molecule has 0 aliphatic rings. The van der Waals surface area contributed by atoms with Gasteiger partial charge in [-0.15, -0.1) is 0 Å². The van der Waals surface area contributed by atoms with Gasteiger partial charge < -0.3 is 10.5 Å². The topological polar surface area (TPSA) is 52.3 Å². The lowest BCUT2D eigenvalue weighted by Gasteiger charge is -2.08. The molecule has 4 heteroatoms. The molecule has 0 saturated carbocycles. The number of Topliss-reactive ketones (excluding diaryl/α,β-unsaturated/α-hetero) is 1. The fraction of sp³-hybridized carbons (Fsp3) is 0.133. The standard InChI is InChI=1S/C15H14INO2/c1-10(18)14-7-6-13(8-15(14)16)19-9-11-2-4-12(17)5-3-11/h2-8H,9,17H2,1H3. The van der Waals surface area contributed by atoms with E-state index in [1.54, 1.807) is 13.0 Å². The summed E-state index contributed by atoms with van der Waals surface area (Å²) in [5, 5.41) is 0. The van der Waals surface area contributed by atoms with Crippen molar-refractivity contribution in [3.05, 3.63) is 57.2 Å². The Morgan fingerprint density at radius 3 is 2.47 bits per heavy atom. The van der Waals surface area contributed by atoms with Crippen molar-refractivity contribution in [2.75, 3.05) is 5.73 Å². The summed E-state index contributed by atoms with van der Waals surface area (Å²) in [6.45, 7) is 2.04. The van der Waals surface area contributed by atoms with Crippen molar-refractivity contribution in [1.82, 2.24) is 0 Å². The lowest BCUT2D eigenvalue weighted by atomic mass is 10.1. The Bertz CT molecular complexity index is 594. The quantitative estimate of drug-likeness (QED) is 0.510. The van der Waals surface area contributed by atoms with Gasteiger partial charge in [-0.25, -0.2) is 0 Å². The minimum Gasteiger partial charge on any atom is -0.489 e. The zero-order valence-corrected chi connectivity index (χ0v) is 12.7. The van der Waals surface area contributed by atoms with E-state index >= 15 is 0 Å². The maximum absolute atomic E-state index is 11.3. The van der Waals surface area contributed by atoms with E-state index in [9.17, 15) is 4.79 Å². The third kappa shape index (κ3) is 3.70. The summed E-state index contributed by atoms with van der Waals surface area (Å²) in [6, 6.07) is 13.0. The predicted molar refractivity (Wildman–Crippen MR) is 84.3 cm³/mol. The fourth-order valence-corrected chi connectivity index (χ4v) is 2.52. The van der Waals surface area contributed by atoms with Crippen molar-refractivity contribution < 1.29 is 9.53 Å². The summed E-state index contributed by atoms with van der Waals surface area (Å²) < 4.78 is 6.59. The van der Waals surface area contributed by atoms with Crippen molar-refractivity contribution in [2.45, 2.75) is 13.5 Å². The van der Waals surface area contributed by atoms with Crippen LogP contribution in [-0.4, -0.2) is 5.78 Å².